The highest BCUT2D eigenvalue weighted by molar-refractivity contribution is 5.97. The zero-order valence-corrected chi connectivity index (χ0v) is 15.8. The maximum absolute atomic E-state index is 12.5. The number of hydrogen-bond donors (Lipinski definition) is 2. The molecule has 2 rings (SSSR count). The summed E-state index contributed by atoms with van der Waals surface area (Å²) < 4.78 is 10.3. The van der Waals surface area contributed by atoms with E-state index < -0.39 is 29.9 Å². The van der Waals surface area contributed by atoms with Crippen molar-refractivity contribution in [1.82, 2.24) is 5.32 Å². The van der Waals surface area contributed by atoms with E-state index in [2.05, 4.69) is 10.6 Å². The van der Waals surface area contributed by atoms with Gasteiger partial charge < -0.3 is 19.8 Å². The van der Waals surface area contributed by atoms with Crippen LogP contribution in [0.4, 0.5) is 5.69 Å². The molecule has 2 atom stereocenters. The van der Waals surface area contributed by atoms with Crippen LogP contribution in [0, 0.1) is 12.8 Å². The molecule has 2 aromatic rings. The summed E-state index contributed by atoms with van der Waals surface area (Å²) in [7, 11) is 0. The summed E-state index contributed by atoms with van der Waals surface area (Å²) in [4.78, 5) is 36.8. The summed E-state index contributed by atoms with van der Waals surface area (Å²) >= 11 is 0. The molecule has 7 heteroatoms. The molecule has 144 valence electrons. The molecule has 0 bridgehead atoms. The predicted octanol–water partition coefficient (Wildman–Crippen LogP) is 2.91. The average molecular weight is 372 g/mol. The number of furan rings is 1. The fourth-order valence-electron chi connectivity index (χ4n) is 2.30. The fourth-order valence-corrected chi connectivity index (χ4v) is 2.30. The number of amides is 2. The Balaban J connectivity index is 1.95. The van der Waals surface area contributed by atoms with Gasteiger partial charge in [0.25, 0.3) is 11.8 Å². The van der Waals surface area contributed by atoms with Gasteiger partial charge in [0.2, 0.25) is 0 Å². The third-order valence-corrected chi connectivity index (χ3v) is 3.93. The van der Waals surface area contributed by atoms with Gasteiger partial charge in [-0.3, -0.25) is 9.59 Å². The van der Waals surface area contributed by atoms with Crippen LogP contribution in [0.2, 0.25) is 0 Å². The summed E-state index contributed by atoms with van der Waals surface area (Å²) in [5.74, 6) is -1.79. The molecule has 0 aliphatic carbocycles. The number of carbonyl (C=O) groups excluding carboxylic acids is 3. The smallest absolute Gasteiger partial charge is 0.329 e. The van der Waals surface area contributed by atoms with E-state index in [4.69, 9.17) is 9.15 Å². The van der Waals surface area contributed by atoms with Gasteiger partial charge in [-0.15, -0.1) is 0 Å². The molecule has 0 fully saturated rings. The molecule has 0 radical (unpaired) electrons. The monoisotopic (exact) mass is 372 g/mol. The van der Waals surface area contributed by atoms with Crippen LogP contribution in [0.25, 0.3) is 0 Å². The molecule has 0 aliphatic heterocycles. The Morgan fingerprint density at radius 1 is 1.04 bits per heavy atom. The summed E-state index contributed by atoms with van der Waals surface area (Å²) in [5, 5.41) is 5.27. The summed E-state index contributed by atoms with van der Waals surface area (Å²) in [5.41, 5.74) is 1.68. The van der Waals surface area contributed by atoms with Gasteiger partial charge in [-0.1, -0.05) is 31.5 Å². The number of benzene rings is 1. The number of carbonyl (C=O) groups is 3. The lowest BCUT2D eigenvalue weighted by Gasteiger charge is -2.22. The Morgan fingerprint density at radius 2 is 1.70 bits per heavy atom. The second-order valence-corrected chi connectivity index (χ2v) is 6.61. The van der Waals surface area contributed by atoms with E-state index in [1.54, 1.807) is 32.0 Å². The maximum Gasteiger partial charge on any atom is 0.329 e. The predicted molar refractivity (Wildman–Crippen MR) is 100 cm³/mol. The molecule has 0 saturated carbocycles. The molecule has 1 aromatic heterocycles. The highest BCUT2D eigenvalue weighted by Gasteiger charge is 2.29. The van der Waals surface area contributed by atoms with Crippen molar-refractivity contribution in [2.75, 3.05) is 5.32 Å². The van der Waals surface area contributed by atoms with Crippen LogP contribution in [0.5, 0.6) is 0 Å². The second kappa shape index (κ2) is 9.02. The van der Waals surface area contributed by atoms with Gasteiger partial charge in [0.15, 0.2) is 11.9 Å². The number of ether oxygens (including phenoxy) is 1. The second-order valence-electron chi connectivity index (χ2n) is 6.61. The molecule has 0 saturated heterocycles. The van der Waals surface area contributed by atoms with Crippen LogP contribution in [0.3, 0.4) is 0 Å². The Morgan fingerprint density at radius 3 is 2.26 bits per heavy atom. The van der Waals surface area contributed by atoms with Crippen molar-refractivity contribution in [2.24, 2.45) is 5.92 Å². The van der Waals surface area contributed by atoms with E-state index >= 15 is 0 Å². The van der Waals surface area contributed by atoms with Crippen LogP contribution in [0.1, 0.15) is 36.9 Å². The first-order valence-corrected chi connectivity index (χ1v) is 8.70. The fraction of sp³-hybridized carbons (Fsp3) is 0.350. The van der Waals surface area contributed by atoms with Gasteiger partial charge in [0.05, 0.1) is 6.26 Å². The van der Waals surface area contributed by atoms with Gasteiger partial charge in [-0.25, -0.2) is 4.79 Å². The third kappa shape index (κ3) is 5.70. The first-order chi connectivity index (χ1) is 12.8. The lowest BCUT2D eigenvalue weighted by Crippen LogP contribution is -2.47. The van der Waals surface area contributed by atoms with Crippen molar-refractivity contribution in [3.8, 4) is 0 Å². The zero-order valence-electron chi connectivity index (χ0n) is 15.8. The van der Waals surface area contributed by atoms with E-state index in [9.17, 15) is 14.4 Å². The minimum atomic E-state index is -1.01. The lowest BCUT2D eigenvalue weighted by molar-refractivity contribution is -0.156. The molecule has 0 spiro atoms. The first-order valence-electron chi connectivity index (χ1n) is 8.70. The minimum Gasteiger partial charge on any atom is -0.459 e. The van der Waals surface area contributed by atoms with Crippen LogP contribution < -0.4 is 10.6 Å². The third-order valence-electron chi connectivity index (χ3n) is 3.93. The first kappa shape index (κ1) is 20.2. The van der Waals surface area contributed by atoms with Crippen LogP contribution in [-0.2, 0) is 14.3 Å². The number of aryl methyl sites for hydroxylation is 1. The van der Waals surface area contributed by atoms with E-state index in [0.717, 1.165) is 5.56 Å². The molecular weight excluding hydrogens is 348 g/mol. The molecule has 7 nitrogen and oxygen atoms in total. The Hall–Kier alpha value is -3.09. The van der Waals surface area contributed by atoms with Crippen LogP contribution >= 0.6 is 0 Å². The summed E-state index contributed by atoms with van der Waals surface area (Å²) in [6.07, 6.45) is 0.357. The number of anilines is 1. The number of rotatable bonds is 7. The lowest BCUT2D eigenvalue weighted by atomic mass is 10.0. The molecule has 2 amide bonds. The Labute approximate surface area is 158 Å². The Bertz CT molecular complexity index is 781. The van der Waals surface area contributed by atoms with E-state index in [0.29, 0.717) is 5.69 Å². The highest BCUT2D eigenvalue weighted by atomic mass is 16.5. The quantitative estimate of drug-likeness (QED) is 0.728. The van der Waals surface area contributed by atoms with Crippen molar-refractivity contribution in [2.45, 2.75) is 39.8 Å². The molecule has 27 heavy (non-hydrogen) atoms. The molecule has 1 heterocycles. The molecular formula is C20H24N2O5. The zero-order chi connectivity index (χ0) is 20.0. The standard InChI is InChI=1S/C20H24N2O5/c1-12(2)17(22-19(24)16-6-5-11-26-16)20(25)27-14(4)18(23)21-15-9-7-13(3)8-10-15/h5-12,14,17H,1-4H3,(H,21,23)(H,22,24)/t14-,17-/m0/s1. The largest absolute Gasteiger partial charge is 0.459 e. The van der Waals surface area contributed by atoms with Gasteiger partial charge in [0.1, 0.15) is 6.04 Å². The molecule has 2 N–H and O–H groups in total. The van der Waals surface area contributed by atoms with Crippen molar-refractivity contribution in [3.63, 3.8) is 0 Å². The van der Waals surface area contributed by atoms with Gasteiger partial charge in [-0.05, 0) is 44.0 Å². The van der Waals surface area contributed by atoms with Crippen molar-refractivity contribution in [1.29, 1.82) is 0 Å². The molecule has 1 aromatic carbocycles. The van der Waals surface area contributed by atoms with E-state index in [-0.39, 0.29) is 11.7 Å². The summed E-state index contributed by atoms with van der Waals surface area (Å²) in [6.45, 7) is 6.96. The number of nitrogens with one attached hydrogen (secondary N) is 2. The normalized spacial score (nSPS) is 12.9. The van der Waals surface area contributed by atoms with Gasteiger partial charge in [0, 0.05) is 5.69 Å². The van der Waals surface area contributed by atoms with Crippen molar-refractivity contribution in [3.05, 3.63) is 54.0 Å². The summed E-state index contributed by atoms with van der Waals surface area (Å²) in [6, 6.07) is 9.43. The Kier molecular flexibility index (Phi) is 6.76. The molecule has 0 aliphatic rings. The topological polar surface area (TPSA) is 97.6 Å². The number of esters is 1. The van der Waals surface area contributed by atoms with Crippen molar-refractivity contribution >= 4 is 23.5 Å². The van der Waals surface area contributed by atoms with Gasteiger partial charge in [-0.2, -0.15) is 0 Å². The SMILES string of the molecule is Cc1ccc(NC(=O)[C@H](C)OC(=O)[C@@H](NC(=O)c2ccco2)C(C)C)cc1. The number of hydrogen-bond acceptors (Lipinski definition) is 5. The maximum atomic E-state index is 12.5. The highest BCUT2D eigenvalue weighted by Crippen LogP contribution is 2.12. The average Bonchev–Trinajstić information content (AvgIpc) is 3.15. The van der Waals surface area contributed by atoms with E-state index in [1.807, 2.05) is 19.1 Å². The van der Waals surface area contributed by atoms with Crippen LogP contribution in [0.15, 0.2) is 47.1 Å². The van der Waals surface area contributed by atoms with E-state index in [1.165, 1.54) is 19.3 Å². The minimum absolute atomic E-state index is 0.0959. The van der Waals surface area contributed by atoms with Crippen molar-refractivity contribution < 1.29 is 23.5 Å². The van der Waals surface area contributed by atoms with Crippen LogP contribution in [-0.4, -0.2) is 29.9 Å². The molecule has 0 unspecified atom stereocenters. The van der Waals surface area contributed by atoms with Gasteiger partial charge >= 0.3 is 5.97 Å².